The molecular formula is C41H35Cl2N3O7. The third-order valence-electron chi connectivity index (χ3n) is 11.4. The fourth-order valence-electron chi connectivity index (χ4n) is 9.07. The zero-order chi connectivity index (χ0) is 37.2. The molecule has 2 aliphatic heterocycles. The molecule has 0 radical (unpaired) electrons. The van der Waals surface area contributed by atoms with Crippen molar-refractivity contribution in [1.82, 2.24) is 9.91 Å². The summed E-state index contributed by atoms with van der Waals surface area (Å²) in [6.45, 7) is 0.131. The van der Waals surface area contributed by atoms with Crippen LogP contribution in [0.2, 0.25) is 10.0 Å². The molecule has 4 amide bonds. The Morgan fingerprint density at radius 2 is 1.55 bits per heavy atom. The van der Waals surface area contributed by atoms with Crippen molar-refractivity contribution in [3.8, 4) is 17.2 Å². The van der Waals surface area contributed by atoms with E-state index < -0.39 is 46.8 Å². The first-order valence-electron chi connectivity index (χ1n) is 17.3. The van der Waals surface area contributed by atoms with Crippen molar-refractivity contribution in [2.24, 2.45) is 23.7 Å². The van der Waals surface area contributed by atoms with E-state index in [2.05, 4.69) is 5.43 Å². The molecule has 2 saturated heterocycles. The molecule has 270 valence electrons. The van der Waals surface area contributed by atoms with Gasteiger partial charge in [0.25, 0.3) is 11.8 Å². The minimum atomic E-state index is -1.61. The quantitative estimate of drug-likeness (QED) is 0.147. The third-order valence-corrected chi connectivity index (χ3v) is 12.0. The molecule has 0 spiro atoms. The van der Waals surface area contributed by atoms with Gasteiger partial charge in [-0.1, -0.05) is 83.4 Å². The van der Waals surface area contributed by atoms with Crippen LogP contribution >= 0.6 is 23.2 Å². The van der Waals surface area contributed by atoms with E-state index in [0.29, 0.717) is 33.2 Å². The second-order valence-corrected chi connectivity index (χ2v) is 14.7. The number of methoxy groups -OCH3 is 2. The number of anilines is 1. The van der Waals surface area contributed by atoms with Crippen LogP contribution in [0.5, 0.6) is 17.2 Å². The molecule has 0 unspecified atom stereocenters. The number of ether oxygens (including phenoxy) is 2. The number of likely N-dealkylation sites (tertiary alicyclic amines) is 1. The lowest BCUT2D eigenvalue weighted by Crippen LogP contribution is -2.53. The van der Waals surface area contributed by atoms with Crippen LogP contribution in [0.15, 0.2) is 103 Å². The highest BCUT2D eigenvalue weighted by molar-refractivity contribution is 6.36. The zero-order valence-electron chi connectivity index (χ0n) is 28.8. The van der Waals surface area contributed by atoms with Crippen LogP contribution in [0.4, 0.5) is 5.69 Å². The number of rotatable bonds is 8. The Kier molecular flexibility index (Phi) is 8.70. The van der Waals surface area contributed by atoms with Crippen molar-refractivity contribution < 1.29 is 33.8 Å². The SMILES string of the molecule is COc1ccc([C@@]23C(=O)N(Nc4ccc(Cl)cc4Cl)C(=O)[C@@H]2C[C@@H]2C(=CC[C@@H]4C(=O)N(Cc5ccccc5)C(=O)[C@@H]42)[C@@H]3c2ccc(OC)cc2O)cc1. The number of carbonyl (C=O) groups excluding carboxylic acids is 4. The topological polar surface area (TPSA) is 125 Å². The van der Waals surface area contributed by atoms with Crippen LogP contribution < -0.4 is 14.9 Å². The summed E-state index contributed by atoms with van der Waals surface area (Å²) in [5.74, 6) is -4.81. The second-order valence-electron chi connectivity index (χ2n) is 13.9. The van der Waals surface area contributed by atoms with E-state index in [9.17, 15) is 19.5 Å². The number of hydrazine groups is 1. The molecule has 12 heteroatoms. The van der Waals surface area contributed by atoms with Gasteiger partial charge in [-0.2, -0.15) is 5.01 Å². The lowest BCUT2D eigenvalue weighted by molar-refractivity contribution is -0.142. The predicted molar refractivity (Wildman–Crippen MR) is 197 cm³/mol. The van der Waals surface area contributed by atoms with E-state index in [4.69, 9.17) is 32.7 Å². The molecule has 2 N–H and O–H groups in total. The van der Waals surface area contributed by atoms with Gasteiger partial charge >= 0.3 is 0 Å². The van der Waals surface area contributed by atoms with Gasteiger partial charge in [0.05, 0.1) is 54.6 Å². The van der Waals surface area contributed by atoms with Crippen molar-refractivity contribution >= 4 is 52.5 Å². The molecule has 6 atom stereocenters. The first kappa shape index (κ1) is 34.7. The van der Waals surface area contributed by atoms with Crippen LogP contribution in [0.25, 0.3) is 0 Å². The van der Waals surface area contributed by atoms with Crippen molar-refractivity contribution in [3.63, 3.8) is 0 Å². The Balaban J connectivity index is 1.32. The molecule has 4 aromatic carbocycles. The first-order chi connectivity index (χ1) is 25.6. The smallest absolute Gasteiger partial charge is 0.260 e. The molecule has 4 aromatic rings. The van der Waals surface area contributed by atoms with Gasteiger partial charge in [0, 0.05) is 22.6 Å². The summed E-state index contributed by atoms with van der Waals surface area (Å²) in [5, 5.41) is 13.3. The molecule has 2 aliphatic carbocycles. The van der Waals surface area contributed by atoms with Crippen molar-refractivity contribution in [2.75, 3.05) is 19.6 Å². The highest BCUT2D eigenvalue weighted by Crippen LogP contribution is 2.65. The second kappa shape index (κ2) is 13.3. The molecule has 53 heavy (non-hydrogen) atoms. The molecule has 1 saturated carbocycles. The largest absolute Gasteiger partial charge is 0.508 e. The number of nitrogens with one attached hydrogen (secondary N) is 1. The van der Waals surface area contributed by atoms with Gasteiger partial charge in [-0.25, -0.2) is 0 Å². The van der Waals surface area contributed by atoms with Gasteiger partial charge in [0.1, 0.15) is 17.2 Å². The number of carbonyl (C=O) groups is 4. The summed E-state index contributed by atoms with van der Waals surface area (Å²) in [5.41, 5.74) is 4.10. The number of hydrogen-bond donors (Lipinski definition) is 2. The van der Waals surface area contributed by atoms with Gasteiger partial charge in [-0.05, 0) is 66.3 Å². The predicted octanol–water partition coefficient (Wildman–Crippen LogP) is 6.90. The van der Waals surface area contributed by atoms with E-state index in [1.165, 1.54) is 31.3 Å². The maximum absolute atomic E-state index is 15.4. The van der Waals surface area contributed by atoms with Gasteiger partial charge in [-0.3, -0.25) is 29.5 Å². The summed E-state index contributed by atoms with van der Waals surface area (Å²) in [4.78, 5) is 60.0. The number of aromatic hydroxyl groups is 1. The summed E-state index contributed by atoms with van der Waals surface area (Å²) < 4.78 is 10.9. The van der Waals surface area contributed by atoms with Crippen LogP contribution in [0, 0.1) is 23.7 Å². The summed E-state index contributed by atoms with van der Waals surface area (Å²) >= 11 is 12.7. The normalized spacial score (nSPS) is 26.2. The maximum atomic E-state index is 15.4. The Bertz CT molecular complexity index is 2190. The van der Waals surface area contributed by atoms with E-state index in [1.807, 2.05) is 36.4 Å². The molecule has 8 rings (SSSR count). The average molecular weight is 753 g/mol. The van der Waals surface area contributed by atoms with Crippen LogP contribution in [0.3, 0.4) is 0 Å². The number of nitrogens with zero attached hydrogens (tertiary/aromatic N) is 2. The molecule has 0 aromatic heterocycles. The Labute approximate surface area is 315 Å². The lowest BCUT2D eigenvalue weighted by Gasteiger charge is -2.50. The Hall–Kier alpha value is -5.32. The fraction of sp³-hybridized carbons (Fsp3) is 0.268. The number of hydrogen-bond acceptors (Lipinski definition) is 8. The van der Waals surface area contributed by atoms with Gasteiger partial charge < -0.3 is 14.6 Å². The van der Waals surface area contributed by atoms with Crippen LogP contribution in [0.1, 0.15) is 35.4 Å². The van der Waals surface area contributed by atoms with E-state index in [1.54, 1.807) is 48.5 Å². The molecule has 4 aliphatic rings. The number of allylic oxidation sites excluding steroid dienone is 2. The van der Waals surface area contributed by atoms with Gasteiger partial charge in [0.15, 0.2) is 0 Å². The number of phenols is 1. The molecule has 10 nitrogen and oxygen atoms in total. The van der Waals surface area contributed by atoms with Crippen molar-refractivity contribution in [1.29, 1.82) is 0 Å². The maximum Gasteiger partial charge on any atom is 0.260 e. The summed E-state index contributed by atoms with van der Waals surface area (Å²) in [6, 6.07) is 25.9. The minimum absolute atomic E-state index is 0.0990. The van der Waals surface area contributed by atoms with Crippen LogP contribution in [-0.2, 0) is 31.1 Å². The number of halogens is 2. The number of amides is 4. The summed E-state index contributed by atoms with van der Waals surface area (Å²) in [7, 11) is 3.02. The number of imide groups is 2. The highest BCUT2D eigenvalue weighted by Gasteiger charge is 2.70. The van der Waals surface area contributed by atoms with E-state index in [0.717, 1.165) is 10.6 Å². The van der Waals surface area contributed by atoms with Crippen LogP contribution in [-0.4, -0.2) is 52.9 Å². The molecule has 0 bridgehead atoms. The Morgan fingerprint density at radius 3 is 2.23 bits per heavy atom. The van der Waals surface area contributed by atoms with Crippen molar-refractivity contribution in [2.45, 2.75) is 30.7 Å². The zero-order valence-corrected chi connectivity index (χ0v) is 30.3. The number of fused-ring (bicyclic) bond motifs is 4. The third kappa shape index (κ3) is 5.37. The minimum Gasteiger partial charge on any atom is -0.508 e. The summed E-state index contributed by atoms with van der Waals surface area (Å²) in [6.07, 6.45) is 2.30. The van der Waals surface area contributed by atoms with Crippen molar-refractivity contribution in [3.05, 3.63) is 129 Å². The standard InChI is InChI=1S/C41H35Cl2N3O7/c1-52-25-11-8-23(9-12-25)41-31(38(49)46(40(41)51)44-33-17-10-24(42)18-32(33)43)20-30-27(36(41)28-14-13-26(53-2)19-34(28)47)15-16-29-35(30)39(50)45(37(29)48)21-22-6-4-3-5-7-22/h3-15,17-19,29-31,35-36,44,47H,16,20-21H2,1-2H3/t29-,30+,31-,35-,36+,41+/m0/s1. The highest BCUT2D eigenvalue weighted by atomic mass is 35.5. The van der Waals surface area contributed by atoms with E-state index >= 15 is 4.79 Å². The molecule has 2 heterocycles. The van der Waals surface area contributed by atoms with E-state index in [-0.39, 0.29) is 47.7 Å². The van der Waals surface area contributed by atoms with Gasteiger partial charge in [-0.15, -0.1) is 0 Å². The number of phenolic OH excluding ortho intramolecular Hbond substituents is 1. The number of benzene rings is 4. The monoisotopic (exact) mass is 751 g/mol. The fourth-order valence-corrected chi connectivity index (χ4v) is 9.52. The molecular weight excluding hydrogens is 717 g/mol. The van der Waals surface area contributed by atoms with Gasteiger partial charge in [0.2, 0.25) is 11.8 Å². The Morgan fingerprint density at radius 1 is 0.830 bits per heavy atom. The molecule has 3 fully saturated rings. The average Bonchev–Trinajstić information content (AvgIpc) is 3.53. The lowest BCUT2D eigenvalue weighted by atomic mass is 9.49. The first-order valence-corrected chi connectivity index (χ1v) is 18.0.